The first-order valence-corrected chi connectivity index (χ1v) is 7.69. The molecule has 0 aliphatic carbocycles. The zero-order valence-corrected chi connectivity index (χ0v) is 13.5. The molecule has 0 atom stereocenters. The van der Waals surface area contributed by atoms with Crippen molar-refractivity contribution in [2.24, 2.45) is 0 Å². The minimum absolute atomic E-state index is 0.199. The largest absolute Gasteiger partial charge is 0.460 e. The minimum Gasteiger partial charge on any atom is -0.460 e. The van der Waals surface area contributed by atoms with Crippen LogP contribution in [-0.2, 0) is 4.74 Å². The second kappa shape index (κ2) is 6.58. The Kier molecular flexibility index (Phi) is 4.33. The Morgan fingerprint density at radius 2 is 1.79 bits per heavy atom. The zero-order valence-electron chi connectivity index (χ0n) is 13.5. The minimum atomic E-state index is -0.696. The standard InChI is InChI=1S/C19H17NO4/c1-3-23-19(22)16-17(21)20(15-7-5-4-6-8-15)18(24-16)14-11-9-13(2)10-12-14/h4-12H,3H2,1-2H3/p+1. The van der Waals surface area contributed by atoms with Crippen LogP contribution in [0.15, 0.2) is 59.0 Å². The van der Waals surface area contributed by atoms with Gasteiger partial charge in [-0.25, -0.2) is 4.79 Å². The molecule has 1 N–H and O–H groups in total. The summed E-state index contributed by atoms with van der Waals surface area (Å²) in [5, 5.41) is 10.5. The molecule has 0 fully saturated rings. The van der Waals surface area contributed by atoms with Crippen LogP contribution in [0.2, 0.25) is 0 Å². The molecule has 0 aliphatic rings. The number of carbonyl (C=O) groups is 1. The number of ether oxygens (including phenoxy) is 1. The van der Waals surface area contributed by atoms with Crippen LogP contribution in [-0.4, -0.2) is 17.7 Å². The number of benzene rings is 2. The first-order chi connectivity index (χ1) is 11.6. The number of oxazole rings is 1. The molecule has 1 aromatic heterocycles. The van der Waals surface area contributed by atoms with Crippen molar-refractivity contribution >= 4 is 5.97 Å². The molecule has 0 bridgehead atoms. The summed E-state index contributed by atoms with van der Waals surface area (Å²) in [7, 11) is 0. The summed E-state index contributed by atoms with van der Waals surface area (Å²) in [6, 6.07) is 16.8. The van der Waals surface area contributed by atoms with Crippen LogP contribution in [0.3, 0.4) is 0 Å². The monoisotopic (exact) mass is 324 g/mol. The normalized spacial score (nSPS) is 10.6. The second-order valence-electron chi connectivity index (χ2n) is 5.32. The number of carbonyl (C=O) groups excluding carboxylic acids is 1. The fourth-order valence-corrected chi connectivity index (χ4v) is 2.42. The van der Waals surface area contributed by atoms with Gasteiger partial charge in [0.2, 0.25) is 5.69 Å². The number of aromatic hydroxyl groups is 1. The molecule has 5 nitrogen and oxygen atoms in total. The molecule has 122 valence electrons. The Bertz CT molecular complexity index is 851. The highest BCUT2D eigenvalue weighted by molar-refractivity contribution is 5.88. The van der Waals surface area contributed by atoms with Crippen molar-refractivity contribution in [2.75, 3.05) is 6.61 Å². The van der Waals surface area contributed by atoms with Crippen molar-refractivity contribution in [2.45, 2.75) is 13.8 Å². The van der Waals surface area contributed by atoms with E-state index in [0.29, 0.717) is 11.6 Å². The van der Waals surface area contributed by atoms with Crippen LogP contribution >= 0.6 is 0 Å². The van der Waals surface area contributed by atoms with Gasteiger partial charge in [-0.3, -0.25) is 0 Å². The van der Waals surface area contributed by atoms with E-state index in [1.54, 1.807) is 6.92 Å². The van der Waals surface area contributed by atoms with Gasteiger partial charge in [-0.2, -0.15) is 0 Å². The summed E-state index contributed by atoms with van der Waals surface area (Å²) in [4.78, 5) is 12.1. The predicted molar refractivity (Wildman–Crippen MR) is 88.0 cm³/mol. The first-order valence-electron chi connectivity index (χ1n) is 7.69. The maximum Gasteiger partial charge on any atom is 0.426 e. The third-order valence-electron chi connectivity index (χ3n) is 3.59. The van der Waals surface area contributed by atoms with E-state index in [-0.39, 0.29) is 18.2 Å². The fourth-order valence-electron chi connectivity index (χ4n) is 2.42. The number of aromatic nitrogens is 1. The number of nitrogens with zero attached hydrogens (tertiary/aromatic N) is 1. The predicted octanol–water partition coefficient (Wildman–Crippen LogP) is 3.41. The van der Waals surface area contributed by atoms with Gasteiger partial charge in [0.25, 0.3) is 0 Å². The SMILES string of the molecule is CCOC(=O)c1oc(-c2ccc(C)cc2)[n+](-c2ccccc2)c1O. The van der Waals surface area contributed by atoms with E-state index < -0.39 is 5.97 Å². The van der Waals surface area contributed by atoms with Gasteiger partial charge >= 0.3 is 23.5 Å². The topological polar surface area (TPSA) is 63.5 Å². The molecule has 0 spiro atoms. The Hall–Kier alpha value is -3.08. The highest BCUT2D eigenvalue weighted by Gasteiger charge is 2.36. The van der Waals surface area contributed by atoms with E-state index in [0.717, 1.165) is 11.1 Å². The lowest BCUT2D eigenvalue weighted by molar-refractivity contribution is -0.594. The van der Waals surface area contributed by atoms with Crippen LogP contribution < -0.4 is 4.57 Å². The summed E-state index contributed by atoms with van der Waals surface area (Å²) in [5.74, 6) is -0.828. The fraction of sp³-hybridized carbons (Fsp3) is 0.158. The van der Waals surface area contributed by atoms with E-state index in [9.17, 15) is 9.90 Å². The molecular formula is C19H18NO4+. The van der Waals surface area contributed by atoms with E-state index >= 15 is 0 Å². The highest BCUT2D eigenvalue weighted by atomic mass is 16.5. The van der Waals surface area contributed by atoms with Crippen molar-refractivity contribution in [3.8, 4) is 23.0 Å². The van der Waals surface area contributed by atoms with Crippen LogP contribution in [0.25, 0.3) is 17.1 Å². The molecule has 3 rings (SSSR count). The molecule has 0 saturated heterocycles. The lowest BCUT2D eigenvalue weighted by Crippen LogP contribution is -2.31. The smallest absolute Gasteiger partial charge is 0.426 e. The van der Waals surface area contributed by atoms with Crippen LogP contribution in [0, 0.1) is 6.92 Å². The van der Waals surface area contributed by atoms with Gasteiger partial charge in [0, 0.05) is 12.1 Å². The van der Waals surface area contributed by atoms with E-state index in [2.05, 4.69) is 0 Å². The lowest BCUT2D eigenvalue weighted by atomic mass is 10.1. The Morgan fingerprint density at radius 1 is 1.12 bits per heavy atom. The number of rotatable bonds is 4. The van der Waals surface area contributed by atoms with Crippen molar-refractivity contribution in [3.05, 3.63) is 65.9 Å². The maximum absolute atomic E-state index is 12.1. The zero-order chi connectivity index (χ0) is 17.1. The molecule has 0 saturated carbocycles. The molecular weight excluding hydrogens is 306 g/mol. The third-order valence-corrected chi connectivity index (χ3v) is 3.59. The third kappa shape index (κ3) is 2.88. The van der Waals surface area contributed by atoms with Crippen LogP contribution in [0.4, 0.5) is 0 Å². The van der Waals surface area contributed by atoms with Crippen LogP contribution in [0.5, 0.6) is 5.88 Å². The first kappa shape index (κ1) is 15.8. The van der Waals surface area contributed by atoms with E-state index in [4.69, 9.17) is 9.15 Å². The van der Waals surface area contributed by atoms with Crippen molar-refractivity contribution in [1.29, 1.82) is 0 Å². The van der Waals surface area contributed by atoms with Gasteiger partial charge in [0.05, 0.1) is 12.2 Å². The maximum atomic E-state index is 12.1. The number of hydrogen-bond donors (Lipinski definition) is 1. The number of hydrogen-bond acceptors (Lipinski definition) is 4. The molecule has 0 amide bonds. The van der Waals surface area contributed by atoms with Gasteiger partial charge in [0.15, 0.2) is 0 Å². The van der Waals surface area contributed by atoms with Crippen molar-refractivity contribution in [3.63, 3.8) is 0 Å². The molecule has 0 aliphatic heterocycles. The van der Waals surface area contributed by atoms with E-state index in [1.807, 2.05) is 61.5 Å². The summed E-state index contributed by atoms with van der Waals surface area (Å²) in [6.07, 6.45) is 0. The molecule has 3 aromatic rings. The van der Waals surface area contributed by atoms with Gasteiger partial charge in [-0.15, -0.1) is 0 Å². The summed E-state index contributed by atoms with van der Waals surface area (Å²) >= 11 is 0. The van der Waals surface area contributed by atoms with E-state index in [1.165, 1.54) is 4.57 Å². The van der Waals surface area contributed by atoms with Gasteiger partial charge in [-0.1, -0.05) is 40.5 Å². The summed E-state index contributed by atoms with van der Waals surface area (Å²) in [5.41, 5.74) is 2.53. The number of esters is 1. The highest BCUT2D eigenvalue weighted by Crippen LogP contribution is 2.27. The average Bonchev–Trinajstić information content (AvgIpc) is 2.94. The lowest BCUT2D eigenvalue weighted by Gasteiger charge is -1.97. The number of aryl methyl sites for hydroxylation is 1. The molecule has 5 heteroatoms. The van der Waals surface area contributed by atoms with Crippen LogP contribution in [0.1, 0.15) is 23.0 Å². The Balaban J connectivity index is 2.21. The average molecular weight is 324 g/mol. The molecule has 2 aromatic carbocycles. The molecule has 24 heavy (non-hydrogen) atoms. The Morgan fingerprint density at radius 3 is 2.42 bits per heavy atom. The summed E-state index contributed by atoms with van der Waals surface area (Å²) < 4.78 is 12.1. The second-order valence-corrected chi connectivity index (χ2v) is 5.32. The van der Waals surface area contributed by atoms with Crippen molar-refractivity contribution in [1.82, 2.24) is 0 Å². The number of para-hydroxylation sites is 1. The molecule has 0 unspecified atom stereocenters. The Labute approximate surface area is 139 Å². The molecule has 1 heterocycles. The molecule has 0 radical (unpaired) electrons. The summed E-state index contributed by atoms with van der Waals surface area (Å²) in [6.45, 7) is 3.88. The van der Waals surface area contributed by atoms with Crippen molar-refractivity contribution < 1.29 is 23.6 Å². The van der Waals surface area contributed by atoms with Gasteiger partial charge in [-0.05, 0) is 26.0 Å². The van der Waals surface area contributed by atoms with Gasteiger partial charge < -0.3 is 14.3 Å². The van der Waals surface area contributed by atoms with Gasteiger partial charge in [0.1, 0.15) is 0 Å². The quantitative estimate of drug-likeness (QED) is 0.590.